The van der Waals surface area contributed by atoms with Gasteiger partial charge in [-0.15, -0.1) is 0 Å². The number of carbonyl (C=O) groups is 1. The average molecular weight is 362 g/mol. The zero-order valence-corrected chi connectivity index (χ0v) is 15.1. The number of para-hydroxylation sites is 2. The van der Waals surface area contributed by atoms with Crippen LogP contribution in [0.4, 0.5) is 0 Å². The zero-order valence-electron chi connectivity index (χ0n) is 15.1. The highest BCUT2D eigenvalue weighted by molar-refractivity contribution is 5.99. The molecule has 2 heterocycles. The van der Waals surface area contributed by atoms with Gasteiger partial charge in [0.25, 0.3) is 5.91 Å². The van der Waals surface area contributed by atoms with Crippen molar-refractivity contribution in [2.45, 2.75) is 31.8 Å². The van der Waals surface area contributed by atoms with E-state index in [4.69, 9.17) is 9.47 Å². The van der Waals surface area contributed by atoms with E-state index in [1.807, 2.05) is 42.5 Å². The monoisotopic (exact) mass is 362 g/mol. The lowest BCUT2D eigenvalue weighted by molar-refractivity contribution is 0.0789. The van der Waals surface area contributed by atoms with Gasteiger partial charge in [-0.2, -0.15) is 0 Å². The van der Waals surface area contributed by atoms with Gasteiger partial charge in [0.2, 0.25) is 0 Å². The first-order valence-corrected chi connectivity index (χ1v) is 9.58. The number of aromatic amines is 1. The Labute approximate surface area is 157 Å². The number of hydrogen-bond donors (Lipinski definition) is 2. The van der Waals surface area contributed by atoms with Gasteiger partial charge in [0, 0.05) is 22.2 Å². The molecule has 0 spiro atoms. The number of rotatable bonds is 3. The van der Waals surface area contributed by atoms with Crippen LogP contribution in [0.5, 0.6) is 11.5 Å². The van der Waals surface area contributed by atoms with E-state index < -0.39 is 0 Å². The molecule has 0 fully saturated rings. The number of benzene rings is 2. The van der Waals surface area contributed by atoms with Crippen LogP contribution in [-0.4, -0.2) is 30.1 Å². The summed E-state index contributed by atoms with van der Waals surface area (Å²) >= 11 is 0. The van der Waals surface area contributed by atoms with E-state index in [1.54, 1.807) is 0 Å². The van der Waals surface area contributed by atoms with Gasteiger partial charge in [-0.3, -0.25) is 4.79 Å². The number of hydrogen-bond acceptors (Lipinski definition) is 3. The normalized spacial score (nSPS) is 18.1. The summed E-state index contributed by atoms with van der Waals surface area (Å²) in [5.74, 6) is 1.40. The number of H-pyrrole nitrogens is 1. The largest absolute Gasteiger partial charge is 0.486 e. The van der Waals surface area contributed by atoms with Crippen molar-refractivity contribution in [3.63, 3.8) is 0 Å². The summed E-state index contributed by atoms with van der Waals surface area (Å²) in [6.07, 6.45) is 4.46. The molecule has 1 aromatic heterocycles. The van der Waals surface area contributed by atoms with E-state index in [0.29, 0.717) is 18.7 Å². The summed E-state index contributed by atoms with van der Waals surface area (Å²) in [7, 11) is 0. The molecule has 5 rings (SSSR count). The first kappa shape index (κ1) is 16.2. The lowest BCUT2D eigenvalue weighted by Gasteiger charge is -2.26. The average Bonchev–Trinajstić information content (AvgIpc) is 3.09. The molecule has 3 aromatic rings. The Kier molecular flexibility index (Phi) is 4.00. The quantitative estimate of drug-likeness (QED) is 0.748. The molecule has 1 amide bonds. The van der Waals surface area contributed by atoms with Crippen molar-refractivity contribution >= 4 is 16.8 Å². The fraction of sp³-hybridized carbons (Fsp3) is 0.318. The van der Waals surface area contributed by atoms with Gasteiger partial charge in [0.05, 0.1) is 6.54 Å². The van der Waals surface area contributed by atoms with Gasteiger partial charge in [-0.1, -0.05) is 12.1 Å². The summed E-state index contributed by atoms with van der Waals surface area (Å²) in [5, 5.41) is 4.17. The van der Waals surface area contributed by atoms with Crippen molar-refractivity contribution in [1.82, 2.24) is 10.3 Å². The first-order valence-electron chi connectivity index (χ1n) is 9.58. The summed E-state index contributed by atoms with van der Waals surface area (Å²) in [4.78, 5) is 16.2. The van der Waals surface area contributed by atoms with Crippen LogP contribution in [0.3, 0.4) is 0 Å². The molecule has 2 aliphatic rings. The number of fused-ring (bicyclic) bond motifs is 4. The third-order valence-corrected chi connectivity index (χ3v) is 5.42. The van der Waals surface area contributed by atoms with Gasteiger partial charge in [0.15, 0.2) is 11.5 Å². The maximum absolute atomic E-state index is 12.6. The second kappa shape index (κ2) is 6.65. The van der Waals surface area contributed by atoms with Crippen molar-refractivity contribution in [3.05, 3.63) is 59.3 Å². The third-order valence-electron chi connectivity index (χ3n) is 5.42. The second-order valence-corrected chi connectivity index (χ2v) is 7.26. The summed E-state index contributed by atoms with van der Waals surface area (Å²) < 4.78 is 11.6. The number of ether oxygens (including phenoxy) is 2. The maximum atomic E-state index is 12.6. The third kappa shape index (κ3) is 3.03. The SMILES string of the molecule is O=C(NCC1COc2ccccc2O1)c1ccc2[nH]c3c(c2c1)CCCC3. The molecular weight excluding hydrogens is 340 g/mol. The van der Waals surface area contributed by atoms with E-state index in [2.05, 4.69) is 10.3 Å². The number of carbonyl (C=O) groups excluding carboxylic acids is 1. The highest BCUT2D eigenvalue weighted by Gasteiger charge is 2.22. The number of aryl methyl sites for hydroxylation is 2. The van der Waals surface area contributed by atoms with E-state index >= 15 is 0 Å². The van der Waals surface area contributed by atoms with Crippen LogP contribution < -0.4 is 14.8 Å². The first-order chi connectivity index (χ1) is 13.3. The van der Waals surface area contributed by atoms with Gasteiger partial charge >= 0.3 is 0 Å². The van der Waals surface area contributed by atoms with Gasteiger partial charge in [-0.25, -0.2) is 0 Å². The fourth-order valence-electron chi connectivity index (χ4n) is 4.02. The molecule has 2 N–H and O–H groups in total. The van der Waals surface area contributed by atoms with Gasteiger partial charge in [0.1, 0.15) is 12.7 Å². The fourth-order valence-corrected chi connectivity index (χ4v) is 4.02. The summed E-state index contributed by atoms with van der Waals surface area (Å²) in [6.45, 7) is 0.845. The maximum Gasteiger partial charge on any atom is 0.251 e. The number of aromatic nitrogens is 1. The van der Waals surface area contributed by atoms with E-state index in [0.717, 1.165) is 29.9 Å². The van der Waals surface area contributed by atoms with Crippen LogP contribution in [0.2, 0.25) is 0 Å². The standard InChI is InChI=1S/C22H22N2O3/c25-22(23-12-15-13-26-20-7-3-4-8-21(20)27-15)14-9-10-19-17(11-14)16-5-1-2-6-18(16)24-19/h3-4,7-11,15,24H,1-2,5-6,12-13H2,(H,23,25). The minimum atomic E-state index is -0.187. The smallest absolute Gasteiger partial charge is 0.251 e. The molecule has 5 nitrogen and oxygen atoms in total. The van der Waals surface area contributed by atoms with E-state index in [9.17, 15) is 4.79 Å². The molecule has 0 saturated heterocycles. The zero-order chi connectivity index (χ0) is 18.2. The molecule has 0 radical (unpaired) electrons. The molecular formula is C22H22N2O3. The molecule has 1 unspecified atom stereocenters. The lowest BCUT2D eigenvalue weighted by atomic mass is 9.95. The number of nitrogens with one attached hydrogen (secondary N) is 2. The van der Waals surface area contributed by atoms with Crippen molar-refractivity contribution < 1.29 is 14.3 Å². The highest BCUT2D eigenvalue weighted by Crippen LogP contribution is 2.31. The Morgan fingerprint density at radius 1 is 1.11 bits per heavy atom. The number of amides is 1. The molecule has 2 aromatic carbocycles. The predicted molar refractivity (Wildman–Crippen MR) is 104 cm³/mol. The Morgan fingerprint density at radius 3 is 2.89 bits per heavy atom. The molecule has 5 heteroatoms. The highest BCUT2D eigenvalue weighted by atomic mass is 16.6. The lowest BCUT2D eigenvalue weighted by Crippen LogP contribution is -2.40. The van der Waals surface area contributed by atoms with Crippen LogP contribution in [0.25, 0.3) is 10.9 Å². The topological polar surface area (TPSA) is 63.4 Å². The van der Waals surface area contributed by atoms with Crippen LogP contribution in [0, 0.1) is 0 Å². The molecule has 1 atom stereocenters. The molecule has 0 bridgehead atoms. The van der Waals surface area contributed by atoms with Crippen molar-refractivity contribution in [2.75, 3.05) is 13.2 Å². The van der Waals surface area contributed by atoms with Crippen LogP contribution in [-0.2, 0) is 12.8 Å². The summed E-state index contributed by atoms with van der Waals surface area (Å²) in [5.41, 5.74) is 4.53. The van der Waals surface area contributed by atoms with Crippen LogP contribution >= 0.6 is 0 Å². The molecule has 27 heavy (non-hydrogen) atoms. The molecule has 1 aliphatic heterocycles. The Morgan fingerprint density at radius 2 is 1.96 bits per heavy atom. The Balaban J connectivity index is 1.29. The Hall–Kier alpha value is -2.95. The van der Waals surface area contributed by atoms with E-state index in [1.165, 1.54) is 29.5 Å². The van der Waals surface area contributed by atoms with Gasteiger partial charge < -0.3 is 19.8 Å². The second-order valence-electron chi connectivity index (χ2n) is 7.26. The molecule has 0 saturated carbocycles. The predicted octanol–water partition coefficient (Wildman–Crippen LogP) is 3.62. The molecule has 1 aliphatic carbocycles. The van der Waals surface area contributed by atoms with Crippen molar-refractivity contribution in [3.8, 4) is 11.5 Å². The van der Waals surface area contributed by atoms with E-state index in [-0.39, 0.29) is 12.0 Å². The Bertz CT molecular complexity index is 1010. The van der Waals surface area contributed by atoms with Crippen molar-refractivity contribution in [1.29, 1.82) is 0 Å². The van der Waals surface area contributed by atoms with Crippen LogP contribution in [0.1, 0.15) is 34.5 Å². The minimum absolute atomic E-state index is 0.0786. The van der Waals surface area contributed by atoms with Crippen LogP contribution in [0.15, 0.2) is 42.5 Å². The minimum Gasteiger partial charge on any atom is -0.486 e. The summed E-state index contributed by atoms with van der Waals surface area (Å²) in [6, 6.07) is 13.5. The molecule has 138 valence electrons. The van der Waals surface area contributed by atoms with Crippen molar-refractivity contribution in [2.24, 2.45) is 0 Å². The van der Waals surface area contributed by atoms with Gasteiger partial charge in [-0.05, 0) is 61.6 Å².